The van der Waals surface area contributed by atoms with Crippen molar-refractivity contribution in [2.75, 3.05) is 18.5 Å². The van der Waals surface area contributed by atoms with E-state index in [1.165, 1.54) is 10.7 Å². The number of non-ortho nitro benzene ring substituents is 1. The number of nitrogens with zero attached hydrogens (tertiary/aromatic N) is 6. The lowest BCUT2D eigenvalue weighted by Gasteiger charge is -2.28. The van der Waals surface area contributed by atoms with Crippen molar-refractivity contribution in [3.8, 4) is 0 Å². The van der Waals surface area contributed by atoms with E-state index >= 15 is 0 Å². The number of nitro groups is 1. The molecule has 20 heteroatoms. The molecule has 0 bridgehead atoms. The number of aromatic nitrogens is 5. The summed E-state index contributed by atoms with van der Waals surface area (Å²) in [5, 5.41) is 24.7. The molecule has 1 amide bonds. The van der Waals surface area contributed by atoms with Gasteiger partial charge in [-0.3, -0.25) is 14.9 Å². The first-order chi connectivity index (χ1) is 19.1. The summed E-state index contributed by atoms with van der Waals surface area (Å²) < 4.78 is 113. The number of carbonyl (C=O) groups excluding carboxylic acids is 1. The largest absolute Gasteiger partial charge is 0.460 e. The predicted molar refractivity (Wildman–Crippen MR) is 121 cm³/mol. The molecular weight excluding hydrogens is 598 g/mol. The summed E-state index contributed by atoms with van der Waals surface area (Å²) in [6.07, 6.45) is -5.69. The molecular formula is C21H15F8N7O4S. The van der Waals surface area contributed by atoms with Crippen molar-refractivity contribution in [2.45, 2.75) is 47.0 Å². The van der Waals surface area contributed by atoms with Gasteiger partial charge in [0.2, 0.25) is 5.16 Å². The van der Waals surface area contributed by atoms with Crippen LogP contribution >= 0.6 is 11.8 Å². The molecule has 1 saturated heterocycles. The lowest BCUT2D eigenvalue weighted by atomic mass is 10.0. The number of nitro benzene ring substituents is 1. The second-order valence-electron chi connectivity index (χ2n) is 8.44. The lowest BCUT2D eigenvalue weighted by molar-refractivity contribution is -0.384. The summed E-state index contributed by atoms with van der Waals surface area (Å²) in [5.41, 5.74) is -3.12. The summed E-state index contributed by atoms with van der Waals surface area (Å²) in [7, 11) is 0. The first kappa shape index (κ1) is 30.0. The molecule has 0 spiro atoms. The molecule has 0 radical (unpaired) electrons. The minimum Gasteiger partial charge on any atom is -0.381 e. The molecule has 1 aliphatic heterocycles. The molecule has 3 heterocycles. The Kier molecular flexibility index (Phi) is 8.16. The number of ether oxygens (including phenoxy) is 1. The number of carbonyl (C=O) groups is 1. The smallest absolute Gasteiger partial charge is 0.381 e. The van der Waals surface area contributed by atoms with Gasteiger partial charge in [-0.15, -0.1) is 5.10 Å². The minimum atomic E-state index is -6.67. The SMILES string of the molecule is O=C(Nc1ncc(C(F)(F)C(F)(F)C(F)(F)F)cc1F)c1cc([N+](=O)[O-])ccc1Sc1nnnn1C1CCOCC1. The van der Waals surface area contributed by atoms with E-state index in [-0.39, 0.29) is 28.4 Å². The molecule has 3 aromatic rings. The molecule has 0 saturated carbocycles. The monoisotopic (exact) mass is 613 g/mol. The van der Waals surface area contributed by atoms with E-state index < -0.39 is 57.3 Å². The van der Waals surface area contributed by atoms with Gasteiger partial charge in [-0.2, -0.15) is 30.7 Å². The van der Waals surface area contributed by atoms with E-state index in [1.807, 2.05) is 5.32 Å². The van der Waals surface area contributed by atoms with Crippen molar-refractivity contribution in [1.29, 1.82) is 0 Å². The molecule has 1 N–H and O–H groups in total. The third kappa shape index (κ3) is 5.92. The molecule has 4 rings (SSSR count). The second kappa shape index (κ2) is 11.1. The van der Waals surface area contributed by atoms with Gasteiger partial charge in [-0.05, 0) is 47.2 Å². The third-order valence-corrected chi connectivity index (χ3v) is 6.83. The number of hydrogen-bond acceptors (Lipinski definition) is 9. The summed E-state index contributed by atoms with van der Waals surface area (Å²) in [6, 6.07) is 2.54. The van der Waals surface area contributed by atoms with Crippen molar-refractivity contribution >= 4 is 29.2 Å². The number of benzene rings is 1. The number of alkyl halides is 7. The Labute approximate surface area is 227 Å². The van der Waals surface area contributed by atoms with Gasteiger partial charge in [0, 0.05) is 42.0 Å². The number of hydrogen-bond donors (Lipinski definition) is 1. The van der Waals surface area contributed by atoms with Gasteiger partial charge in [-0.1, -0.05) is 0 Å². The Morgan fingerprint density at radius 3 is 2.41 bits per heavy atom. The highest BCUT2D eigenvalue weighted by molar-refractivity contribution is 7.99. The normalized spacial score (nSPS) is 15.1. The van der Waals surface area contributed by atoms with Crippen LogP contribution in [0, 0.1) is 15.9 Å². The lowest BCUT2D eigenvalue weighted by Crippen LogP contribution is -2.50. The summed E-state index contributed by atoms with van der Waals surface area (Å²) in [5.74, 6) is -16.7. The van der Waals surface area contributed by atoms with Crippen LogP contribution in [-0.2, 0) is 10.7 Å². The van der Waals surface area contributed by atoms with E-state index in [1.54, 1.807) is 0 Å². The van der Waals surface area contributed by atoms with Crippen LogP contribution in [-0.4, -0.2) is 61.3 Å². The fourth-order valence-corrected chi connectivity index (χ4v) is 4.59. The van der Waals surface area contributed by atoms with Crippen LogP contribution in [0.4, 0.5) is 46.6 Å². The Balaban J connectivity index is 1.63. The van der Waals surface area contributed by atoms with Crippen LogP contribution in [0.3, 0.4) is 0 Å². The van der Waals surface area contributed by atoms with Crippen molar-refractivity contribution in [2.24, 2.45) is 0 Å². The van der Waals surface area contributed by atoms with E-state index in [4.69, 9.17) is 4.74 Å². The average molecular weight is 613 g/mol. The molecule has 0 atom stereocenters. The molecule has 220 valence electrons. The molecule has 1 aromatic carbocycles. The summed E-state index contributed by atoms with van der Waals surface area (Å²) >= 11 is 0.815. The first-order valence-electron chi connectivity index (χ1n) is 11.2. The highest BCUT2D eigenvalue weighted by atomic mass is 32.2. The van der Waals surface area contributed by atoms with Crippen LogP contribution in [0.5, 0.6) is 0 Å². The summed E-state index contributed by atoms with van der Waals surface area (Å²) in [6.45, 7) is 0.883. The van der Waals surface area contributed by atoms with E-state index in [2.05, 4.69) is 20.5 Å². The van der Waals surface area contributed by atoms with Gasteiger partial charge in [0.25, 0.3) is 11.6 Å². The number of anilines is 1. The van der Waals surface area contributed by atoms with Crippen molar-refractivity contribution in [3.05, 3.63) is 57.5 Å². The first-order valence-corrected chi connectivity index (χ1v) is 12.1. The Morgan fingerprint density at radius 1 is 1.12 bits per heavy atom. The molecule has 2 aromatic heterocycles. The second-order valence-corrected chi connectivity index (χ2v) is 9.45. The maximum atomic E-state index is 14.5. The number of rotatable bonds is 8. The zero-order valence-electron chi connectivity index (χ0n) is 20.0. The maximum Gasteiger partial charge on any atom is 0.460 e. The average Bonchev–Trinajstić information content (AvgIpc) is 3.37. The van der Waals surface area contributed by atoms with E-state index in [0.717, 1.165) is 23.9 Å². The van der Waals surface area contributed by atoms with E-state index in [0.29, 0.717) is 26.1 Å². The van der Waals surface area contributed by atoms with E-state index in [9.17, 15) is 50.0 Å². The standard InChI is InChI=1S/C21H15F8N7O4S/c22-14-7-10(19(23,24)20(25,26)21(27,28)29)9-30-16(14)31-17(37)13-8-12(36(38)39)1-2-15(13)41-18-32-33-34-35(18)11-3-5-40-6-4-11/h1-2,7-9,11H,3-6H2,(H,30,31,37). The minimum absolute atomic E-state index is 0.0320. The van der Waals surface area contributed by atoms with Crippen LogP contribution < -0.4 is 5.32 Å². The van der Waals surface area contributed by atoms with Gasteiger partial charge < -0.3 is 10.1 Å². The van der Waals surface area contributed by atoms with Crippen molar-refractivity contribution in [3.63, 3.8) is 0 Å². The fraction of sp³-hybridized carbons (Fsp3) is 0.381. The Morgan fingerprint density at radius 2 is 1.80 bits per heavy atom. The highest BCUT2D eigenvalue weighted by Gasteiger charge is 2.73. The zero-order valence-corrected chi connectivity index (χ0v) is 20.9. The number of pyridine rings is 1. The zero-order chi connectivity index (χ0) is 30.2. The van der Waals surface area contributed by atoms with Gasteiger partial charge >= 0.3 is 18.0 Å². The number of nitrogens with one attached hydrogen (secondary N) is 1. The molecule has 41 heavy (non-hydrogen) atoms. The van der Waals surface area contributed by atoms with Crippen LogP contribution in [0.1, 0.15) is 34.8 Å². The third-order valence-electron chi connectivity index (χ3n) is 5.81. The fourth-order valence-electron chi connectivity index (χ4n) is 3.64. The molecule has 1 aliphatic rings. The van der Waals surface area contributed by atoms with Gasteiger partial charge in [0.05, 0.1) is 16.5 Å². The van der Waals surface area contributed by atoms with Crippen LogP contribution in [0.15, 0.2) is 40.5 Å². The number of amides is 1. The predicted octanol–water partition coefficient (Wildman–Crippen LogP) is 5.16. The van der Waals surface area contributed by atoms with Gasteiger partial charge in [0.15, 0.2) is 11.6 Å². The molecule has 0 unspecified atom stereocenters. The van der Waals surface area contributed by atoms with Gasteiger partial charge in [0.1, 0.15) is 0 Å². The summed E-state index contributed by atoms with van der Waals surface area (Å²) in [4.78, 5) is 26.6. The van der Waals surface area contributed by atoms with Crippen LogP contribution in [0.2, 0.25) is 0 Å². The molecule has 1 fully saturated rings. The van der Waals surface area contributed by atoms with Gasteiger partial charge in [-0.25, -0.2) is 14.1 Å². The number of tetrazole rings is 1. The maximum absolute atomic E-state index is 14.5. The topological polar surface area (TPSA) is 138 Å². The number of halogens is 8. The Hall–Kier alpha value is -3.94. The van der Waals surface area contributed by atoms with Crippen molar-refractivity contribution < 1.29 is 49.6 Å². The molecule has 0 aliphatic carbocycles. The van der Waals surface area contributed by atoms with Crippen LogP contribution in [0.25, 0.3) is 0 Å². The van der Waals surface area contributed by atoms with Crippen molar-refractivity contribution in [1.82, 2.24) is 25.2 Å². The Bertz CT molecular complexity index is 1460. The molecule has 11 nitrogen and oxygen atoms in total. The quantitative estimate of drug-likeness (QED) is 0.207. The highest BCUT2D eigenvalue weighted by Crippen LogP contribution is 2.51.